The highest BCUT2D eigenvalue weighted by molar-refractivity contribution is 8.09. The van der Waals surface area contributed by atoms with Crippen LogP contribution in [-0.4, -0.2) is 21.5 Å². The van der Waals surface area contributed by atoms with Crippen LogP contribution in [0, 0.1) is 33.1 Å². The Balaban J connectivity index is 2.67. The molecule has 0 bridgehead atoms. The Kier molecular flexibility index (Phi) is 5.02. The maximum atomic E-state index is 12.9. The molecule has 0 aliphatic rings. The van der Waals surface area contributed by atoms with Crippen LogP contribution in [0.25, 0.3) is 4.98 Å². The van der Waals surface area contributed by atoms with Gasteiger partial charge < -0.3 is 0 Å². The van der Waals surface area contributed by atoms with Crippen molar-refractivity contribution in [2.24, 2.45) is 0 Å². The van der Waals surface area contributed by atoms with Gasteiger partial charge in [-0.05, 0) is 51.0 Å². The second-order valence-electron chi connectivity index (χ2n) is 6.05. The van der Waals surface area contributed by atoms with E-state index in [4.69, 9.17) is 0 Å². The molecule has 2 aromatic rings. The molecule has 0 aliphatic heterocycles. The number of hydrogen-bond acceptors (Lipinski definition) is 5. The Morgan fingerprint density at radius 2 is 1.12 bits per heavy atom. The van der Waals surface area contributed by atoms with E-state index < -0.39 is 24.4 Å². The topological polar surface area (TPSA) is 96.4 Å². The fraction of sp³-hybridized carbons (Fsp3) is 0.294. The summed E-state index contributed by atoms with van der Waals surface area (Å²) in [7, 11) is -8.87. The first-order chi connectivity index (χ1) is 11.5. The zero-order valence-corrected chi connectivity index (χ0v) is 16.0. The number of nitrogens with zero attached hydrogens (tertiary/aromatic N) is 2. The lowest BCUT2D eigenvalue weighted by molar-refractivity contribution is 0.580. The van der Waals surface area contributed by atoms with Crippen molar-refractivity contribution in [3.8, 4) is 0 Å². The molecule has 8 heteroatoms. The van der Waals surface area contributed by atoms with E-state index in [2.05, 4.69) is 4.98 Å². The first-order valence-electron chi connectivity index (χ1n) is 7.48. The molecule has 0 heterocycles. The van der Waals surface area contributed by atoms with Gasteiger partial charge in [0.15, 0.2) is 4.98 Å². The highest BCUT2D eigenvalue weighted by atomic mass is 32.3. The maximum Gasteiger partial charge on any atom is 0.514 e. The van der Waals surface area contributed by atoms with E-state index in [0.29, 0.717) is 11.1 Å². The standard InChI is InChI=1S/C17H19N2O4S2/c1-11-5-7-15(13(3)9-11)24(20,21)17(19-18)25(22,23)16-8-6-12(2)10-14(16)4/h5-10,17H,1-4H3/q+1. The van der Waals surface area contributed by atoms with E-state index in [1.807, 2.05) is 0 Å². The Labute approximate surface area is 148 Å². The van der Waals surface area contributed by atoms with Crippen LogP contribution in [0.5, 0.6) is 0 Å². The van der Waals surface area contributed by atoms with Crippen LogP contribution in [0.1, 0.15) is 22.3 Å². The first kappa shape index (κ1) is 19.1. The summed E-state index contributed by atoms with van der Waals surface area (Å²) < 4.78 is 49.1. The fourth-order valence-electron chi connectivity index (χ4n) is 2.75. The summed E-state index contributed by atoms with van der Waals surface area (Å²) in [4.78, 5) is 2.39. The smallest absolute Gasteiger partial charge is 0.214 e. The van der Waals surface area contributed by atoms with Crippen molar-refractivity contribution in [3.63, 3.8) is 0 Å². The van der Waals surface area contributed by atoms with Crippen LogP contribution in [0.3, 0.4) is 0 Å². The minimum Gasteiger partial charge on any atom is -0.214 e. The van der Waals surface area contributed by atoms with Crippen LogP contribution in [0.4, 0.5) is 0 Å². The van der Waals surface area contributed by atoms with E-state index in [0.717, 1.165) is 11.1 Å². The lowest BCUT2D eigenvalue weighted by Crippen LogP contribution is -2.28. The second-order valence-corrected chi connectivity index (χ2v) is 10.3. The van der Waals surface area contributed by atoms with Gasteiger partial charge in [-0.2, -0.15) is 0 Å². The number of benzene rings is 2. The summed E-state index contributed by atoms with van der Waals surface area (Å²) in [6, 6.07) is 9.05. The molecular weight excluding hydrogens is 360 g/mol. The van der Waals surface area contributed by atoms with E-state index in [1.54, 1.807) is 52.0 Å². The van der Waals surface area contributed by atoms with Crippen molar-refractivity contribution in [2.75, 3.05) is 0 Å². The van der Waals surface area contributed by atoms with Crippen LogP contribution < -0.4 is 0 Å². The van der Waals surface area contributed by atoms with Gasteiger partial charge in [0.25, 0.3) is 19.7 Å². The highest BCUT2D eigenvalue weighted by Crippen LogP contribution is 2.30. The van der Waals surface area contributed by atoms with Gasteiger partial charge in [0.2, 0.25) is 5.39 Å². The molecule has 0 radical (unpaired) electrons. The van der Waals surface area contributed by atoms with Crippen molar-refractivity contribution < 1.29 is 16.8 Å². The molecule has 0 unspecified atom stereocenters. The summed E-state index contributed by atoms with van der Waals surface area (Å²) in [5.74, 6) is 0. The zero-order chi connectivity index (χ0) is 19.0. The quantitative estimate of drug-likeness (QED) is 0.759. The fourth-order valence-corrected chi connectivity index (χ4v) is 6.92. The van der Waals surface area contributed by atoms with E-state index in [-0.39, 0.29) is 9.79 Å². The van der Waals surface area contributed by atoms with Gasteiger partial charge in [-0.1, -0.05) is 35.4 Å². The van der Waals surface area contributed by atoms with Crippen LogP contribution >= 0.6 is 0 Å². The van der Waals surface area contributed by atoms with Gasteiger partial charge in [-0.15, -0.1) is 0 Å². The molecule has 0 aliphatic carbocycles. The third-order valence-corrected chi connectivity index (χ3v) is 8.81. The van der Waals surface area contributed by atoms with Gasteiger partial charge in [-0.3, -0.25) is 0 Å². The van der Waals surface area contributed by atoms with Crippen molar-refractivity contribution in [2.45, 2.75) is 42.2 Å². The predicted molar refractivity (Wildman–Crippen MR) is 95.1 cm³/mol. The lowest BCUT2D eigenvalue weighted by atomic mass is 10.2. The normalized spacial score (nSPS) is 12.2. The molecule has 2 aromatic carbocycles. The molecule has 132 valence electrons. The van der Waals surface area contributed by atoms with Crippen LogP contribution in [0.15, 0.2) is 46.2 Å². The predicted octanol–water partition coefficient (Wildman–Crippen LogP) is 3.30. The number of hydrogen-bond donors (Lipinski definition) is 0. The monoisotopic (exact) mass is 379 g/mol. The molecule has 0 saturated heterocycles. The summed E-state index contributed by atoms with van der Waals surface area (Å²) in [6.45, 7) is 6.73. The molecule has 25 heavy (non-hydrogen) atoms. The Bertz CT molecular complexity index is 1000. The van der Waals surface area contributed by atoms with Crippen molar-refractivity contribution in [3.05, 3.63) is 63.6 Å². The molecule has 0 amide bonds. The molecule has 0 N–H and O–H groups in total. The molecule has 0 aromatic heterocycles. The average molecular weight is 379 g/mol. The van der Waals surface area contributed by atoms with Gasteiger partial charge in [0.1, 0.15) is 0 Å². The van der Waals surface area contributed by atoms with Crippen LogP contribution in [0.2, 0.25) is 0 Å². The van der Waals surface area contributed by atoms with Gasteiger partial charge in [-0.25, -0.2) is 16.8 Å². The summed E-state index contributed by atoms with van der Waals surface area (Å²) in [6.07, 6.45) is 0. The lowest BCUT2D eigenvalue weighted by Gasteiger charge is -2.10. The molecule has 6 nitrogen and oxygen atoms in total. The third kappa shape index (κ3) is 3.43. The summed E-state index contributed by atoms with van der Waals surface area (Å²) >= 11 is 0. The molecule has 2 rings (SSSR count). The Morgan fingerprint density at radius 1 is 0.760 bits per heavy atom. The third-order valence-electron chi connectivity index (χ3n) is 3.90. The molecule has 0 atom stereocenters. The Hall–Kier alpha value is -2.24. The summed E-state index contributed by atoms with van der Waals surface area (Å²) in [5.41, 5.74) is 2.46. The van der Waals surface area contributed by atoms with E-state index in [9.17, 15) is 22.2 Å². The highest BCUT2D eigenvalue weighted by Gasteiger charge is 2.52. The van der Waals surface area contributed by atoms with Crippen LogP contribution in [-0.2, 0) is 19.7 Å². The number of aryl methyl sites for hydroxylation is 4. The minimum absolute atomic E-state index is 0.172. The maximum absolute atomic E-state index is 12.9. The molecular formula is C17H19N2O4S2+. The average Bonchev–Trinajstić information content (AvgIpc) is 2.46. The molecule has 0 spiro atoms. The van der Waals surface area contributed by atoms with Crippen molar-refractivity contribution in [1.82, 2.24) is 0 Å². The minimum atomic E-state index is -4.44. The van der Waals surface area contributed by atoms with E-state index >= 15 is 0 Å². The number of diazo groups is 1. The first-order valence-corrected chi connectivity index (χ1v) is 10.6. The Morgan fingerprint density at radius 3 is 1.40 bits per heavy atom. The van der Waals surface area contributed by atoms with Crippen molar-refractivity contribution >= 4 is 19.7 Å². The largest absolute Gasteiger partial charge is 0.514 e. The zero-order valence-electron chi connectivity index (χ0n) is 14.4. The number of rotatable bonds is 4. The van der Waals surface area contributed by atoms with E-state index in [1.165, 1.54) is 12.1 Å². The van der Waals surface area contributed by atoms with Gasteiger partial charge in [0.05, 0.1) is 9.79 Å². The molecule has 0 saturated carbocycles. The summed E-state index contributed by atoms with van der Waals surface area (Å²) in [5, 5.41) is 9.28. The van der Waals surface area contributed by atoms with Gasteiger partial charge in [0, 0.05) is 0 Å². The SMILES string of the molecule is Cc1ccc(S(=O)(=O)C([N+]#N)S(=O)(=O)c2ccc(C)cc2C)c(C)c1. The number of sulfone groups is 2. The van der Waals surface area contributed by atoms with Gasteiger partial charge >= 0.3 is 4.71 Å². The molecule has 0 fully saturated rings. The second kappa shape index (κ2) is 6.58. The van der Waals surface area contributed by atoms with Crippen molar-refractivity contribution in [1.29, 1.82) is 5.39 Å².